The summed E-state index contributed by atoms with van der Waals surface area (Å²) in [4.78, 5) is 6.15. The Bertz CT molecular complexity index is 900. The van der Waals surface area contributed by atoms with Crippen LogP contribution in [0.1, 0.15) is 37.8 Å². The van der Waals surface area contributed by atoms with Gasteiger partial charge in [0.05, 0.1) is 28.6 Å². The van der Waals surface area contributed by atoms with E-state index in [1.54, 1.807) is 6.07 Å². The molecule has 0 spiro atoms. The molecule has 150 valence electrons. The molecule has 9 heteroatoms. The number of hydrogen-bond donors (Lipinski definition) is 1. The summed E-state index contributed by atoms with van der Waals surface area (Å²) in [6.45, 7) is 5.06. The highest BCUT2D eigenvalue weighted by Gasteiger charge is 2.32. The van der Waals surface area contributed by atoms with E-state index >= 15 is 0 Å². The summed E-state index contributed by atoms with van der Waals surface area (Å²) in [7, 11) is 0. The maximum absolute atomic E-state index is 12.6. The Morgan fingerprint density at radius 2 is 1.86 bits per heavy atom. The van der Waals surface area contributed by atoms with Crippen molar-refractivity contribution in [3.05, 3.63) is 40.9 Å². The number of pyridine rings is 1. The number of nitrogens with zero attached hydrogens (tertiary/aromatic N) is 4. The van der Waals surface area contributed by atoms with Crippen molar-refractivity contribution in [2.45, 2.75) is 38.6 Å². The molecule has 2 aromatic heterocycles. The Hall–Kier alpha value is -2.24. The van der Waals surface area contributed by atoms with Gasteiger partial charge in [-0.3, -0.25) is 0 Å². The van der Waals surface area contributed by atoms with E-state index in [1.807, 2.05) is 13.8 Å². The minimum Gasteiger partial charge on any atom is -0.390 e. The molecule has 1 N–H and O–H groups in total. The van der Waals surface area contributed by atoms with E-state index in [0.29, 0.717) is 10.7 Å². The van der Waals surface area contributed by atoms with E-state index in [0.717, 1.165) is 44.0 Å². The fourth-order valence-corrected chi connectivity index (χ4v) is 3.42. The lowest BCUT2D eigenvalue weighted by Crippen LogP contribution is -2.42. The highest BCUT2D eigenvalue weighted by Crippen LogP contribution is 2.32. The van der Waals surface area contributed by atoms with E-state index in [-0.39, 0.29) is 16.2 Å². The van der Waals surface area contributed by atoms with Crippen LogP contribution in [0.3, 0.4) is 0 Å². The van der Waals surface area contributed by atoms with Gasteiger partial charge < -0.3 is 10.0 Å². The standard InChI is InChI=1S/C19H20ClF3N4O/c1-18(2,28)15-5-7-26(8-6-15)16-9-17(20)24-11-14(16)4-3-13-10-25-27(12-13)19(21,22)23/h9-12,15,28H,5-8H2,1-2H3. The van der Waals surface area contributed by atoms with Crippen molar-refractivity contribution < 1.29 is 18.3 Å². The number of rotatable bonds is 2. The van der Waals surface area contributed by atoms with Crippen molar-refractivity contribution in [2.75, 3.05) is 18.0 Å². The van der Waals surface area contributed by atoms with Crippen LogP contribution in [-0.2, 0) is 6.30 Å². The lowest BCUT2D eigenvalue weighted by atomic mass is 9.83. The van der Waals surface area contributed by atoms with Gasteiger partial charge in [-0.1, -0.05) is 23.4 Å². The highest BCUT2D eigenvalue weighted by molar-refractivity contribution is 6.29. The summed E-state index contributed by atoms with van der Waals surface area (Å²) in [5, 5.41) is 13.8. The first-order valence-corrected chi connectivity index (χ1v) is 9.18. The predicted molar refractivity (Wildman–Crippen MR) is 100.0 cm³/mol. The Labute approximate surface area is 166 Å². The van der Waals surface area contributed by atoms with Gasteiger partial charge in [-0.2, -0.15) is 9.78 Å². The van der Waals surface area contributed by atoms with Crippen LogP contribution in [-0.4, -0.2) is 38.6 Å². The molecule has 0 aliphatic carbocycles. The topological polar surface area (TPSA) is 54.2 Å². The summed E-state index contributed by atoms with van der Waals surface area (Å²) in [6, 6.07) is 1.70. The molecule has 3 rings (SSSR count). The van der Waals surface area contributed by atoms with Crippen LogP contribution >= 0.6 is 11.6 Å². The van der Waals surface area contributed by atoms with Crippen LogP contribution in [0.25, 0.3) is 0 Å². The third kappa shape index (κ3) is 4.78. The van der Waals surface area contributed by atoms with Crippen molar-refractivity contribution >= 4 is 17.3 Å². The SMILES string of the molecule is CC(C)(O)C1CCN(c2cc(Cl)ncc2C#Cc2cnn(C(F)(F)F)c2)CC1. The number of aliphatic hydroxyl groups is 1. The summed E-state index contributed by atoms with van der Waals surface area (Å²) in [5.74, 6) is 5.78. The molecule has 0 unspecified atom stereocenters. The second-order valence-electron chi connectivity index (χ2n) is 7.33. The van der Waals surface area contributed by atoms with Gasteiger partial charge in [0.1, 0.15) is 5.15 Å². The Morgan fingerprint density at radius 1 is 1.18 bits per heavy atom. The fourth-order valence-electron chi connectivity index (χ4n) is 3.27. The van der Waals surface area contributed by atoms with Gasteiger partial charge in [0, 0.05) is 31.5 Å². The van der Waals surface area contributed by atoms with Crippen LogP contribution in [0.4, 0.5) is 18.9 Å². The normalized spacial score (nSPS) is 16.0. The van der Waals surface area contributed by atoms with Crippen molar-refractivity contribution in [2.24, 2.45) is 5.92 Å². The minimum absolute atomic E-state index is 0.0839. The summed E-state index contributed by atoms with van der Waals surface area (Å²) in [6.07, 6.45) is 0.477. The Morgan fingerprint density at radius 3 is 2.43 bits per heavy atom. The van der Waals surface area contributed by atoms with Gasteiger partial charge >= 0.3 is 6.30 Å². The zero-order valence-electron chi connectivity index (χ0n) is 15.5. The molecular formula is C19H20ClF3N4O. The summed E-state index contributed by atoms with van der Waals surface area (Å²) in [5.41, 5.74) is 0.776. The molecule has 0 atom stereocenters. The first kappa shape index (κ1) is 20.5. The highest BCUT2D eigenvalue weighted by atomic mass is 35.5. The fraction of sp³-hybridized carbons (Fsp3) is 0.474. The van der Waals surface area contributed by atoms with Crippen molar-refractivity contribution in [3.8, 4) is 11.8 Å². The van der Waals surface area contributed by atoms with E-state index in [2.05, 4.69) is 26.8 Å². The van der Waals surface area contributed by atoms with Crippen molar-refractivity contribution in [1.82, 2.24) is 14.8 Å². The molecular weight excluding hydrogens is 393 g/mol. The van der Waals surface area contributed by atoms with Crippen LogP contribution in [0, 0.1) is 17.8 Å². The van der Waals surface area contributed by atoms with Gasteiger partial charge in [-0.15, -0.1) is 13.2 Å². The molecule has 5 nitrogen and oxygen atoms in total. The Balaban J connectivity index is 1.82. The van der Waals surface area contributed by atoms with E-state index in [1.165, 1.54) is 6.20 Å². The minimum atomic E-state index is -4.57. The average molecular weight is 413 g/mol. The molecule has 1 saturated heterocycles. The van der Waals surface area contributed by atoms with Crippen LogP contribution in [0.5, 0.6) is 0 Å². The van der Waals surface area contributed by atoms with E-state index in [4.69, 9.17) is 11.6 Å². The van der Waals surface area contributed by atoms with Gasteiger partial charge in [-0.25, -0.2) is 4.98 Å². The maximum atomic E-state index is 12.6. The number of alkyl halides is 3. The second kappa shape index (κ2) is 7.64. The molecule has 0 aromatic carbocycles. The molecule has 2 aromatic rings. The largest absolute Gasteiger partial charge is 0.504 e. The molecule has 0 saturated carbocycles. The second-order valence-corrected chi connectivity index (χ2v) is 7.72. The van der Waals surface area contributed by atoms with Crippen LogP contribution in [0.2, 0.25) is 5.15 Å². The molecule has 1 aliphatic heterocycles. The lowest BCUT2D eigenvalue weighted by molar-refractivity contribution is -0.212. The number of halogens is 4. The molecule has 1 fully saturated rings. The first-order chi connectivity index (χ1) is 13.0. The van der Waals surface area contributed by atoms with Crippen molar-refractivity contribution in [3.63, 3.8) is 0 Å². The number of hydrogen-bond acceptors (Lipinski definition) is 4. The van der Waals surface area contributed by atoms with Crippen LogP contribution < -0.4 is 4.90 Å². The third-order valence-electron chi connectivity index (χ3n) is 4.87. The molecule has 28 heavy (non-hydrogen) atoms. The summed E-state index contributed by atoms with van der Waals surface area (Å²) < 4.78 is 37.8. The third-order valence-corrected chi connectivity index (χ3v) is 5.07. The van der Waals surface area contributed by atoms with Crippen molar-refractivity contribution in [1.29, 1.82) is 0 Å². The summed E-state index contributed by atoms with van der Waals surface area (Å²) >= 11 is 6.04. The van der Waals surface area contributed by atoms with Crippen LogP contribution in [0.15, 0.2) is 24.7 Å². The zero-order valence-corrected chi connectivity index (χ0v) is 16.2. The van der Waals surface area contributed by atoms with Gasteiger partial charge in [-0.05, 0) is 32.6 Å². The molecule has 0 bridgehead atoms. The maximum Gasteiger partial charge on any atom is 0.504 e. The first-order valence-electron chi connectivity index (χ1n) is 8.81. The predicted octanol–water partition coefficient (Wildman–Crippen LogP) is 3.79. The monoisotopic (exact) mass is 412 g/mol. The zero-order chi connectivity index (χ0) is 20.5. The van der Waals surface area contributed by atoms with E-state index < -0.39 is 11.9 Å². The average Bonchev–Trinajstić information content (AvgIpc) is 3.09. The van der Waals surface area contributed by atoms with Gasteiger partial charge in [0.15, 0.2) is 0 Å². The molecule has 3 heterocycles. The molecule has 1 aliphatic rings. The smallest absolute Gasteiger partial charge is 0.390 e. The molecule has 0 radical (unpaired) electrons. The van der Waals surface area contributed by atoms with E-state index in [9.17, 15) is 18.3 Å². The molecule has 0 amide bonds. The Kier molecular flexibility index (Phi) is 5.60. The van der Waals surface area contributed by atoms with Gasteiger partial charge in [0.2, 0.25) is 0 Å². The van der Waals surface area contributed by atoms with Gasteiger partial charge in [0.25, 0.3) is 0 Å². The number of aromatic nitrogens is 3. The number of anilines is 1. The quantitative estimate of drug-likeness (QED) is 0.602. The lowest BCUT2D eigenvalue weighted by Gasteiger charge is -2.39. The number of piperidine rings is 1.